The molecule has 1 aliphatic heterocycles. The van der Waals surface area contributed by atoms with Crippen molar-refractivity contribution in [3.05, 3.63) is 77.4 Å². The number of likely N-dealkylation sites (tertiary alicyclic amines) is 1. The lowest BCUT2D eigenvalue weighted by molar-refractivity contribution is -0.137. The van der Waals surface area contributed by atoms with E-state index in [1.54, 1.807) is 0 Å². The quantitative estimate of drug-likeness (QED) is 0.496. The number of nitrogens with zero attached hydrogens (tertiary/aromatic N) is 3. The predicted octanol–water partition coefficient (Wildman–Crippen LogP) is 5.48. The molecule has 3 aromatic rings. The van der Waals surface area contributed by atoms with Crippen molar-refractivity contribution in [2.24, 2.45) is 0 Å². The third-order valence-electron chi connectivity index (χ3n) is 7.09. The molecule has 1 aliphatic carbocycles. The Hall–Kier alpha value is -3.37. The lowest BCUT2D eigenvalue weighted by atomic mass is 9.85. The van der Waals surface area contributed by atoms with Gasteiger partial charge in [-0.15, -0.1) is 0 Å². The Morgan fingerprint density at radius 2 is 1.76 bits per heavy atom. The van der Waals surface area contributed by atoms with E-state index in [9.17, 15) is 23.2 Å². The third-order valence-corrected chi connectivity index (χ3v) is 7.09. The number of hydrogen-bond donors (Lipinski definition) is 0. The van der Waals surface area contributed by atoms with Gasteiger partial charge in [0.1, 0.15) is 5.54 Å². The van der Waals surface area contributed by atoms with Gasteiger partial charge >= 0.3 is 6.18 Å². The first-order chi connectivity index (χ1) is 15.9. The summed E-state index contributed by atoms with van der Waals surface area (Å²) in [5.41, 5.74) is 0.656. The number of nitriles is 1. The summed E-state index contributed by atoms with van der Waals surface area (Å²) < 4.78 is 39.6. The van der Waals surface area contributed by atoms with Crippen molar-refractivity contribution in [2.75, 3.05) is 18.0 Å². The summed E-state index contributed by atoms with van der Waals surface area (Å²) >= 11 is 0. The highest BCUT2D eigenvalue weighted by Gasteiger charge is 2.43. The molecule has 0 N–H and O–H groups in total. The number of rotatable bonds is 4. The number of halogens is 3. The molecule has 0 aromatic heterocycles. The number of amides is 1. The van der Waals surface area contributed by atoms with Crippen LogP contribution in [0.25, 0.3) is 10.8 Å². The number of hydrogen-bond acceptors (Lipinski definition) is 3. The molecule has 5 rings (SSSR count). The molecular weight excluding hydrogens is 427 g/mol. The fourth-order valence-electron chi connectivity index (χ4n) is 5.39. The molecule has 1 fully saturated rings. The second kappa shape index (κ2) is 7.89. The Bertz CT molecular complexity index is 1250. The standard InChI is InChI=1S/C26H22F3N3O/c27-26(28,29)20-7-3-8-21(15-20)32(17-33)25(16-30)10-12-31(13-11-25)23-14-19-6-1-4-18-5-2-9-22(23)24(18)19/h1-9,15,17,23H,10-14H2. The van der Waals surface area contributed by atoms with E-state index >= 15 is 0 Å². The molecule has 2 aliphatic rings. The van der Waals surface area contributed by atoms with Crippen molar-refractivity contribution in [1.29, 1.82) is 5.26 Å². The summed E-state index contributed by atoms with van der Waals surface area (Å²) in [6.45, 7) is 1.15. The van der Waals surface area contributed by atoms with Crippen LogP contribution in [-0.4, -0.2) is 29.9 Å². The maximum absolute atomic E-state index is 13.2. The number of anilines is 1. The molecule has 0 saturated carbocycles. The summed E-state index contributed by atoms with van der Waals surface area (Å²) in [6, 6.07) is 19.7. The highest BCUT2D eigenvalue weighted by atomic mass is 19.4. The lowest BCUT2D eigenvalue weighted by Gasteiger charge is -2.44. The molecule has 1 heterocycles. The van der Waals surface area contributed by atoms with Crippen LogP contribution in [0, 0.1) is 11.3 Å². The fourth-order valence-corrected chi connectivity index (χ4v) is 5.39. The van der Waals surface area contributed by atoms with Crippen molar-refractivity contribution in [3.63, 3.8) is 0 Å². The van der Waals surface area contributed by atoms with Crippen LogP contribution in [0.1, 0.15) is 35.6 Å². The third kappa shape index (κ3) is 3.55. The van der Waals surface area contributed by atoms with E-state index in [1.165, 1.54) is 38.9 Å². The molecule has 3 aromatic carbocycles. The van der Waals surface area contributed by atoms with Crippen LogP contribution in [0.2, 0.25) is 0 Å². The zero-order valence-electron chi connectivity index (χ0n) is 17.8. The van der Waals surface area contributed by atoms with Crippen LogP contribution < -0.4 is 4.90 Å². The van der Waals surface area contributed by atoms with Crippen LogP contribution >= 0.6 is 0 Å². The number of piperidine rings is 1. The summed E-state index contributed by atoms with van der Waals surface area (Å²) in [7, 11) is 0. The van der Waals surface area contributed by atoms with Crippen molar-refractivity contribution >= 4 is 22.9 Å². The molecule has 1 unspecified atom stereocenters. The second-order valence-corrected chi connectivity index (χ2v) is 8.79. The second-order valence-electron chi connectivity index (χ2n) is 8.79. The van der Waals surface area contributed by atoms with Gasteiger partial charge in [-0.1, -0.05) is 42.5 Å². The van der Waals surface area contributed by atoms with Gasteiger partial charge in [0.2, 0.25) is 6.41 Å². The SMILES string of the molecule is N#CC1(N(C=O)c2cccc(C(F)(F)F)c2)CCN(C2Cc3cccc4cccc2c34)CC1. The first-order valence-electron chi connectivity index (χ1n) is 10.9. The van der Waals surface area contributed by atoms with E-state index in [-0.39, 0.29) is 11.7 Å². The largest absolute Gasteiger partial charge is 0.416 e. The maximum atomic E-state index is 13.2. The van der Waals surface area contributed by atoms with E-state index in [1.807, 2.05) is 0 Å². The summed E-state index contributed by atoms with van der Waals surface area (Å²) in [5.74, 6) is 0. The highest BCUT2D eigenvalue weighted by molar-refractivity contribution is 5.91. The Morgan fingerprint density at radius 1 is 1.06 bits per heavy atom. The van der Waals surface area contributed by atoms with Crippen molar-refractivity contribution in [2.45, 2.75) is 37.0 Å². The minimum Gasteiger partial charge on any atom is -0.296 e. The lowest BCUT2D eigenvalue weighted by Crippen LogP contribution is -2.55. The molecular formula is C26H22F3N3O. The zero-order chi connectivity index (χ0) is 23.2. The highest BCUT2D eigenvalue weighted by Crippen LogP contribution is 2.43. The molecule has 1 saturated heterocycles. The van der Waals surface area contributed by atoms with E-state index in [2.05, 4.69) is 47.4 Å². The topological polar surface area (TPSA) is 47.3 Å². The van der Waals surface area contributed by atoms with Crippen molar-refractivity contribution in [3.8, 4) is 6.07 Å². The van der Waals surface area contributed by atoms with Crippen molar-refractivity contribution < 1.29 is 18.0 Å². The van der Waals surface area contributed by atoms with E-state index in [0.717, 1.165) is 18.6 Å². The number of alkyl halides is 3. The number of carbonyl (C=O) groups is 1. The average molecular weight is 449 g/mol. The minimum absolute atomic E-state index is 0.0906. The van der Waals surface area contributed by atoms with Crippen LogP contribution in [0.5, 0.6) is 0 Å². The smallest absolute Gasteiger partial charge is 0.296 e. The Labute approximate surface area is 189 Å². The molecule has 0 radical (unpaired) electrons. The van der Waals surface area contributed by atoms with Crippen molar-refractivity contribution in [1.82, 2.24) is 4.90 Å². The fraction of sp³-hybridized carbons (Fsp3) is 0.308. The summed E-state index contributed by atoms with van der Waals surface area (Å²) in [4.78, 5) is 15.5. The van der Waals surface area contributed by atoms with Gasteiger partial charge in [-0.3, -0.25) is 14.6 Å². The molecule has 0 spiro atoms. The monoisotopic (exact) mass is 449 g/mol. The van der Waals surface area contributed by atoms with Gasteiger partial charge < -0.3 is 0 Å². The molecule has 168 valence electrons. The zero-order valence-corrected chi connectivity index (χ0v) is 17.8. The number of benzene rings is 3. The van der Waals surface area contributed by atoms with Gasteiger partial charge in [-0.05, 0) is 59.4 Å². The Balaban J connectivity index is 1.40. The first-order valence-corrected chi connectivity index (χ1v) is 10.9. The van der Waals surface area contributed by atoms with Crippen LogP contribution in [0.3, 0.4) is 0 Å². The van der Waals surface area contributed by atoms with Gasteiger partial charge in [0.05, 0.1) is 11.6 Å². The van der Waals surface area contributed by atoms with Crippen LogP contribution in [-0.2, 0) is 17.4 Å². The molecule has 7 heteroatoms. The summed E-state index contributed by atoms with van der Waals surface area (Å²) in [6.07, 6.45) is -2.42. The van der Waals surface area contributed by atoms with E-state index in [4.69, 9.17) is 0 Å². The van der Waals surface area contributed by atoms with Gasteiger partial charge in [0.25, 0.3) is 0 Å². The van der Waals surface area contributed by atoms with Gasteiger partial charge in [-0.25, -0.2) is 0 Å². The van der Waals surface area contributed by atoms with Crippen LogP contribution in [0.15, 0.2) is 60.7 Å². The van der Waals surface area contributed by atoms with E-state index in [0.29, 0.717) is 32.3 Å². The molecule has 1 atom stereocenters. The van der Waals surface area contributed by atoms with Gasteiger partial charge in [-0.2, -0.15) is 18.4 Å². The maximum Gasteiger partial charge on any atom is 0.416 e. The minimum atomic E-state index is -4.52. The predicted molar refractivity (Wildman–Crippen MR) is 120 cm³/mol. The normalized spacial score (nSPS) is 19.9. The molecule has 4 nitrogen and oxygen atoms in total. The first kappa shape index (κ1) is 21.5. The van der Waals surface area contributed by atoms with E-state index < -0.39 is 17.3 Å². The molecule has 33 heavy (non-hydrogen) atoms. The van der Waals surface area contributed by atoms with Crippen LogP contribution in [0.4, 0.5) is 18.9 Å². The average Bonchev–Trinajstić information content (AvgIpc) is 3.20. The van der Waals surface area contributed by atoms with Gasteiger partial charge in [0, 0.05) is 24.8 Å². The molecule has 0 bridgehead atoms. The number of carbonyl (C=O) groups excluding carboxylic acids is 1. The van der Waals surface area contributed by atoms with Gasteiger partial charge in [0.15, 0.2) is 0 Å². The Kier molecular flexibility index (Phi) is 5.13. The summed E-state index contributed by atoms with van der Waals surface area (Å²) in [5, 5.41) is 12.6. The molecule has 1 amide bonds. The Morgan fingerprint density at radius 3 is 2.42 bits per heavy atom.